The van der Waals surface area contributed by atoms with Crippen LogP contribution in [0.15, 0.2) is 24.3 Å². The third-order valence-electron chi connectivity index (χ3n) is 3.48. The molecular formula is C14H20ClNO. The first-order chi connectivity index (χ1) is 8.18. The molecule has 2 nitrogen and oxygen atoms in total. The number of hydrogen-bond donors (Lipinski definition) is 2. The predicted molar refractivity (Wildman–Crippen MR) is 71.2 cm³/mol. The Kier molecular flexibility index (Phi) is 4.43. The molecule has 1 fully saturated rings. The standard InChI is InChI=1S/C14H20ClNO/c15-13-6-4-12(5-7-13)10-16-11-14(17)8-2-1-3-9-14/h4-7,16-17H,1-3,8-11H2. The number of halogens is 1. The van der Waals surface area contributed by atoms with Crippen molar-refractivity contribution in [2.75, 3.05) is 6.54 Å². The van der Waals surface area contributed by atoms with Gasteiger partial charge in [-0.15, -0.1) is 0 Å². The van der Waals surface area contributed by atoms with Crippen molar-refractivity contribution in [3.63, 3.8) is 0 Å². The Morgan fingerprint density at radius 2 is 1.76 bits per heavy atom. The van der Waals surface area contributed by atoms with Crippen LogP contribution in [0.2, 0.25) is 5.02 Å². The minimum absolute atomic E-state index is 0.481. The molecule has 0 radical (unpaired) electrons. The smallest absolute Gasteiger partial charge is 0.0771 e. The average Bonchev–Trinajstić information content (AvgIpc) is 2.32. The Balaban J connectivity index is 1.77. The summed E-state index contributed by atoms with van der Waals surface area (Å²) >= 11 is 5.83. The summed E-state index contributed by atoms with van der Waals surface area (Å²) in [5, 5.41) is 14.4. The van der Waals surface area contributed by atoms with Gasteiger partial charge in [-0.25, -0.2) is 0 Å². The van der Waals surface area contributed by atoms with Crippen molar-refractivity contribution in [1.29, 1.82) is 0 Å². The van der Waals surface area contributed by atoms with E-state index in [4.69, 9.17) is 11.6 Å². The van der Waals surface area contributed by atoms with Crippen LogP contribution in [0.5, 0.6) is 0 Å². The number of benzene rings is 1. The van der Waals surface area contributed by atoms with Crippen molar-refractivity contribution in [3.8, 4) is 0 Å². The van der Waals surface area contributed by atoms with Crippen LogP contribution in [0.1, 0.15) is 37.7 Å². The third-order valence-corrected chi connectivity index (χ3v) is 3.73. The molecule has 0 unspecified atom stereocenters. The van der Waals surface area contributed by atoms with Gasteiger partial charge in [-0.2, -0.15) is 0 Å². The maximum atomic E-state index is 10.3. The molecule has 17 heavy (non-hydrogen) atoms. The summed E-state index contributed by atoms with van der Waals surface area (Å²) in [6, 6.07) is 7.82. The number of aliphatic hydroxyl groups is 1. The molecule has 1 aliphatic carbocycles. The van der Waals surface area contributed by atoms with Crippen LogP contribution in [0, 0.1) is 0 Å². The van der Waals surface area contributed by atoms with Gasteiger partial charge in [0.05, 0.1) is 5.60 Å². The van der Waals surface area contributed by atoms with Crippen molar-refractivity contribution in [2.24, 2.45) is 0 Å². The molecule has 0 atom stereocenters. The second-order valence-corrected chi connectivity index (χ2v) is 5.45. The molecule has 94 valence electrons. The van der Waals surface area contributed by atoms with E-state index in [9.17, 15) is 5.11 Å². The molecule has 1 aliphatic rings. The van der Waals surface area contributed by atoms with Gasteiger partial charge in [0.2, 0.25) is 0 Å². The van der Waals surface area contributed by atoms with Crippen LogP contribution in [-0.2, 0) is 6.54 Å². The monoisotopic (exact) mass is 253 g/mol. The molecule has 0 aliphatic heterocycles. The first kappa shape index (κ1) is 12.9. The average molecular weight is 254 g/mol. The minimum Gasteiger partial charge on any atom is -0.389 e. The fourth-order valence-corrected chi connectivity index (χ4v) is 2.55. The lowest BCUT2D eigenvalue weighted by Crippen LogP contribution is -2.41. The van der Waals surface area contributed by atoms with Gasteiger partial charge in [-0.3, -0.25) is 0 Å². The molecule has 2 rings (SSSR count). The molecule has 0 heterocycles. The van der Waals surface area contributed by atoms with Gasteiger partial charge in [0, 0.05) is 18.1 Å². The molecule has 0 bridgehead atoms. The van der Waals surface area contributed by atoms with E-state index in [1.807, 2.05) is 24.3 Å². The molecule has 1 aromatic carbocycles. The Morgan fingerprint density at radius 1 is 1.12 bits per heavy atom. The van der Waals surface area contributed by atoms with E-state index < -0.39 is 5.60 Å². The predicted octanol–water partition coefficient (Wildman–Crippen LogP) is 3.12. The molecule has 0 saturated heterocycles. The summed E-state index contributed by atoms with van der Waals surface area (Å²) in [7, 11) is 0. The maximum absolute atomic E-state index is 10.3. The quantitative estimate of drug-likeness (QED) is 0.864. The highest BCUT2D eigenvalue weighted by Gasteiger charge is 2.28. The summed E-state index contributed by atoms with van der Waals surface area (Å²) in [5.41, 5.74) is 0.721. The summed E-state index contributed by atoms with van der Waals surface area (Å²) < 4.78 is 0. The van der Waals surface area contributed by atoms with E-state index >= 15 is 0 Å². The fraction of sp³-hybridized carbons (Fsp3) is 0.571. The Bertz CT molecular complexity index is 344. The number of nitrogens with one attached hydrogen (secondary N) is 1. The molecule has 0 spiro atoms. The highest BCUT2D eigenvalue weighted by molar-refractivity contribution is 6.30. The van der Waals surface area contributed by atoms with Crippen LogP contribution in [-0.4, -0.2) is 17.3 Å². The molecule has 0 amide bonds. The lowest BCUT2D eigenvalue weighted by Gasteiger charge is -2.32. The second kappa shape index (κ2) is 5.85. The normalized spacial score (nSPS) is 19.2. The second-order valence-electron chi connectivity index (χ2n) is 5.02. The summed E-state index contributed by atoms with van der Waals surface area (Å²) in [6.45, 7) is 1.48. The lowest BCUT2D eigenvalue weighted by atomic mass is 9.85. The first-order valence-corrected chi connectivity index (χ1v) is 6.73. The van der Waals surface area contributed by atoms with E-state index in [0.717, 1.165) is 37.3 Å². The van der Waals surface area contributed by atoms with Crippen molar-refractivity contribution in [3.05, 3.63) is 34.9 Å². The van der Waals surface area contributed by atoms with Crippen molar-refractivity contribution >= 4 is 11.6 Å². The highest BCUT2D eigenvalue weighted by atomic mass is 35.5. The van der Waals surface area contributed by atoms with Crippen LogP contribution in [0.4, 0.5) is 0 Å². The fourth-order valence-electron chi connectivity index (χ4n) is 2.43. The molecule has 0 aromatic heterocycles. The van der Waals surface area contributed by atoms with E-state index in [2.05, 4.69) is 5.32 Å². The van der Waals surface area contributed by atoms with E-state index in [-0.39, 0.29) is 0 Å². The Morgan fingerprint density at radius 3 is 2.41 bits per heavy atom. The maximum Gasteiger partial charge on any atom is 0.0771 e. The van der Waals surface area contributed by atoms with Gasteiger partial charge in [0.15, 0.2) is 0 Å². The van der Waals surface area contributed by atoms with Gasteiger partial charge in [-0.1, -0.05) is 43.0 Å². The molecule has 1 aromatic rings. The van der Waals surface area contributed by atoms with Gasteiger partial charge in [0.1, 0.15) is 0 Å². The van der Waals surface area contributed by atoms with E-state index in [1.165, 1.54) is 12.0 Å². The zero-order valence-corrected chi connectivity index (χ0v) is 10.8. The van der Waals surface area contributed by atoms with Crippen LogP contribution >= 0.6 is 11.6 Å². The van der Waals surface area contributed by atoms with Crippen molar-refractivity contribution < 1.29 is 5.11 Å². The topological polar surface area (TPSA) is 32.3 Å². The molecule has 3 heteroatoms. The zero-order valence-electron chi connectivity index (χ0n) is 10.1. The van der Waals surface area contributed by atoms with Crippen molar-refractivity contribution in [2.45, 2.75) is 44.2 Å². The van der Waals surface area contributed by atoms with Gasteiger partial charge in [0.25, 0.3) is 0 Å². The lowest BCUT2D eigenvalue weighted by molar-refractivity contribution is 0.00468. The summed E-state index contributed by atoms with van der Waals surface area (Å²) in [4.78, 5) is 0. The summed E-state index contributed by atoms with van der Waals surface area (Å²) in [5.74, 6) is 0. The molecule has 1 saturated carbocycles. The molecule has 2 N–H and O–H groups in total. The summed E-state index contributed by atoms with van der Waals surface area (Å²) in [6.07, 6.45) is 5.43. The number of hydrogen-bond acceptors (Lipinski definition) is 2. The number of rotatable bonds is 4. The van der Waals surface area contributed by atoms with Crippen LogP contribution < -0.4 is 5.32 Å². The largest absolute Gasteiger partial charge is 0.389 e. The molecular weight excluding hydrogens is 234 g/mol. The first-order valence-electron chi connectivity index (χ1n) is 6.36. The van der Waals surface area contributed by atoms with Crippen molar-refractivity contribution in [1.82, 2.24) is 5.32 Å². The zero-order chi connectivity index (χ0) is 12.1. The van der Waals surface area contributed by atoms with Crippen LogP contribution in [0.3, 0.4) is 0 Å². The van der Waals surface area contributed by atoms with Gasteiger partial charge < -0.3 is 10.4 Å². The SMILES string of the molecule is OC1(CNCc2ccc(Cl)cc2)CCCCC1. The van der Waals surface area contributed by atoms with E-state index in [0.29, 0.717) is 6.54 Å². The third kappa shape index (κ3) is 3.98. The Hall–Kier alpha value is -0.570. The van der Waals surface area contributed by atoms with E-state index in [1.54, 1.807) is 0 Å². The van der Waals surface area contributed by atoms with Crippen LogP contribution in [0.25, 0.3) is 0 Å². The van der Waals surface area contributed by atoms with Gasteiger partial charge in [-0.05, 0) is 30.5 Å². The van der Waals surface area contributed by atoms with Gasteiger partial charge >= 0.3 is 0 Å². The Labute approximate surface area is 108 Å². The minimum atomic E-state index is -0.481. The highest BCUT2D eigenvalue weighted by Crippen LogP contribution is 2.27.